The lowest BCUT2D eigenvalue weighted by molar-refractivity contribution is 0.0203. The number of carbonyl (C=O) groups excluding carboxylic acids is 1. The fourth-order valence-corrected chi connectivity index (χ4v) is 5.31. The van der Waals surface area contributed by atoms with Crippen LogP contribution < -0.4 is 5.32 Å². The van der Waals surface area contributed by atoms with Crippen LogP contribution in [-0.4, -0.2) is 70.8 Å². The van der Waals surface area contributed by atoms with Gasteiger partial charge < -0.3 is 19.7 Å². The van der Waals surface area contributed by atoms with Crippen LogP contribution in [0.15, 0.2) is 36.7 Å². The Morgan fingerprint density at radius 2 is 1.78 bits per heavy atom. The second kappa shape index (κ2) is 10.9. The molecule has 2 saturated carbocycles. The van der Waals surface area contributed by atoms with E-state index in [1.54, 1.807) is 12.4 Å². The molecule has 194 valence electrons. The summed E-state index contributed by atoms with van der Waals surface area (Å²) in [5.74, 6) is 1.42. The van der Waals surface area contributed by atoms with Gasteiger partial charge in [-0.2, -0.15) is 0 Å². The number of hydrogen-bond donors (Lipinski definition) is 1. The summed E-state index contributed by atoms with van der Waals surface area (Å²) in [6, 6.07) is 7.92. The molecule has 1 aliphatic heterocycles. The molecule has 0 radical (unpaired) electrons. The standard InChI is InChI=1S/C28H32ClN5O3/c29-26-24-16-31-28(32-21-7-9-22(10-8-21)37-17-18-1-2-18)33-25(24)23(15-30-26)19-3-5-20(6-4-19)27(35)34-11-13-36-14-12-34/h3-6,15-16,18,21-22H,1-2,7-14,17H2,(H,31,32,33). The number of nitrogens with one attached hydrogen (secondary N) is 1. The zero-order chi connectivity index (χ0) is 25.2. The van der Waals surface area contributed by atoms with E-state index in [9.17, 15) is 4.79 Å². The van der Waals surface area contributed by atoms with Gasteiger partial charge in [0.05, 0.1) is 30.2 Å². The lowest BCUT2D eigenvalue weighted by Gasteiger charge is -2.29. The molecule has 1 aromatic carbocycles. The Bertz CT molecular complexity index is 1250. The average molecular weight is 522 g/mol. The fraction of sp³-hybridized carbons (Fsp3) is 0.500. The maximum atomic E-state index is 12.8. The maximum absolute atomic E-state index is 12.8. The first-order chi connectivity index (χ1) is 18.1. The summed E-state index contributed by atoms with van der Waals surface area (Å²) in [4.78, 5) is 28.4. The molecule has 6 rings (SSSR count). The zero-order valence-corrected chi connectivity index (χ0v) is 21.6. The maximum Gasteiger partial charge on any atom is 0.254 e. The number of benzene rings is 1. The predicted molar refractivity (Wildman–Crippen MR) is 143 cm³/mol. The molecule has 1 saturated heterocycles. The van der Waals surface area contributed by atoms with Crippen molar-refractivity contribution >= 4 is 34.4 Å². The number of fused-ring (bicyclic) bond motifs is 1. The number of amides is 1. The molecule has 0 unspecified atom stereocenters. The molecule has 3 fully saturated rings. The highest BCUT2D eigenvalue weighted by molar-refractivity contribution is 6.34. The number of halogens is 1. The van der Waals surface area contributed by atoms with E-state index in [0.717, 1.165) is 54.9 Å². The third-order valence-corrected chi connectivity index (χ3v) is 7.89. The first-order valence-electron chi connectivity index (χ1n) is 13.3. The lowest BCUT2D eigenvalue weighted by atomic mass is 9.93. The summed E-state index contributed by atoms with van der Waals surface area (Å²) < 4.78 is 11.4. The van der Waals surface area contributed by atoms with E-state index in [0.29, 0.717) is 60.5 Å². The van der Waals surface area contributed by atoms with Crippen LogP contribution in [0.4, 0.5) is 5.95 Å². The van der Waals surface area contributed by atoms with Crippen molar-refractivity contribution in [2.45, 2.75) is 50.7 Å². The molecule has 2 aliphatic carbocycles. The van der Waals surface area contributed by atoms with Gasteiger partial charge in [0.2, 0.25) is 5.95 Å². The monoisotopic (exact) mass is 521 g/mol. The molecule has 8 nitrogen and oxygen atoms in total. The van der Waals surface area contributed by atoms with Crippen molar-refractivity contribution in [2.75, 3.05) is 38.2 Å². The van der Waals surface area contributed by atoms with Gasteiger partial charge in [-0.1, -0.05) is 23.7 Å². The Morgan fingerprint density at radius 1 is 1.03 bits per heavy atom. The van der Waals surface area contributed by atoms with Gasteiger partial charge in [-0.25, -0.2) is 15.0 Å². The molecule has 9 heteroatoms. The van der Waals surface area contributed by atoms with E-state index >= 15 is 0 Å². The number of pyridine rings is 1. The quantitative estimate of drug-likeness (QED) is 0.439. The van der Waals surface area contributed by atoms with Crippen molar-refractivity contribution in [1.29, 1.82) is 0 Å². The number of carbonyl (C=O) groups is 1. The second-order valence-corrected chi connectivity index (χ2v) is 10.7. The van der Waals surface area contributed by atoms with Crippen LogP contribution in [0.3, 0.4) is 0 Å². The molecule has 3 aliphatic rings. The van der Waals surface area contributed by atoms with Crippen LogP contribution in [-0.2, 0) is 9.47 Å². The van der Waals surface area contributed by atoms with Gasteiger partial charge in [0.25, 0.3) is 5.91 Å². The van der Waals surface area contributed by atoms with Crippen LogP contribution in [0.2, 0.25) is 5.15 Å². The van der Waals surface area contributed by atoms with Gasteiger partial charge in [0.1, 0.15) is 5.15 Å². The highest BCUT2D eigenvalue weighted by Gasteiger charge is 2.26. The van der Waals surface area contributed by atoms with Crippen molar-refractivity contribution in [3.05, 3.63) is 47.4 Å². The molecule has 37 heavy (non-hydrogen) atoms. The molecule has 3 aromatic rings. The third kappa shape index (κ3) is 5.71. The summed E-state index contributed by atoms with van der Waals surface area (Å²) in [6.45, 7) is 3.33. The van der Waals surface area contributed by atoms with Crippen molar-refractivity contribution < 1.29 is 14.3 Å². The van der Waals surface area contributed by atoms with E-state index in [1.807, 2.05) is 29.2 Å². The van der Waals surface area contributed by atoms with E-state index in [-0.39, 0.29) is 5.91 Å². The van der Waals surface area contributed by atoms with Gasteiger partial charge in [0.15, 0.2) is 0 Å². The molecule has 3 heterocycles. The lowest BCUT2D eigenvalue weighted by Crippen LogP contribution is -2.40. The molecular weight excluding hydrogens is 490 g/mol. The van der Waals surface area contributed by atoms with Crippen molar-refractivity contribution in [3.8, 4) is 11.1 Å². The topological polar surface area (TPSA) is 89.5 Å². The van der Waals surface area contributed by atoms with Crippen molar-refractivity contribution in [2.24, 2.45) is 5.92 Å². The van der Waals surface area contributed by atoms with Gasteiger partial charge in [0, 0.05) is 49.3 Å². The molecule has 0 atom stereocenters. The second-order valence-electron chi connectivity index (χ2n) is 10.3. The molecule has 2 aromatic heterocycles. The smallest absolute Gasteiger partial charge is 0.254 e. The zero-order valence-electron chi connectivity index (χ0n) is 20.9. The Kier molecular flexibility index (Phi) is 7.22. The van der Waals surface area contributed by atoms with Crippen LogP contribution in [0.25, 0.3) is 22.0 Å². The van der Waals surface area contributed by atoms with Crippen LogP contribution >= 0.6 is 11.6 Å². The number of nitrogens with zero attached hydrogens (tertiary/aromatic N) is 4. The van der Waals surface area contributed by atoms with E-state index in [4.69, 9.17) is 26.1 Å². The average Bonchev–Trinajstić information content (AvgIpc) is 3.78. The Morgan fingerprint density at radius 3 is 2.51 bits per heavy atom. The minimum atomic E-state index is 0.0235. The van der Waals surface area contributed by atoms with Crippen molar-refractivity contribution in [1.82, 2.24) is 19.9 Å². The number of hydrogen-bond acceptors (Lipinski definition) is 7. The van der Waals surface area contributed by atoms with E-state index in [2.05, 4.69) is 15.3 Å². The first-order valence-corrected chi connectivity index (χ1v) is 13.7. The summed E-state index contributed by atoms with van der Waals surface area (Å²) in [5, 5.41) is 4.60. The number of anilines is 1. The molecule has 0 spiro atoms. The molecular formula is C28H32ClN5O3. The molecule has 0 bridgehead atoms. The predicted octanol–water partition coefficient (Wildman–Crippen LogP) is 4.97. The molecule has 1 N–H and O–H groups in total. The molecule has 1 amide bonds. The third-order valence-electron chi connectivity index (χ3n) is 7.59. The normalized spacial score (nSPS) is 22.2. The Hall–Kier alpha value is -2.81. The minimum Gasteiger partial charge on any atom is -0.378 e. The number of ether oxygens (including phenoxy) is 2. The summed E-state index contributed by atoms with van der Waals surface area (Å²) in [6.07, 6.45) is 10.7. The highest BCUT2D eigenvalue weighted by Crippen LogP contribution is 2.33. The highest BCUT2D eigenvalue weighted by atomic mass is 35.5. The first kappa shape index (κ1) is 24.5. The van der Waals surface area contributed by atoms with Crippen LogP contribution in [0.1, 0.15) is 48.9 Å². The van der Waals surface area contributed by atoms with Crippen LogP contribution in [0, 0.1) is 5.92 Å². The minimum absolute atomic E-state index is 0.0235. The number of morpholine rings is 1. The summed E-state index contributed by atoms with van der Waals surface area (Å²) >= 11 is 6.40. The Labute approximate surface area is 221 Å². The van der Waals surface area contributed by atoms with Gasteiger partial charge in [-0.3, -0.25) is 4.79 Å². The van der Waals surface area contributed by atoms with E-state index < -0.39 is 0 Å². The number of aromatic nitrogens is 3. The fourth-order valence-electron chi connectivity index (χ4n) is 5.13. The van der Waals surface area contributed by atoms with Crippen LogP contribution in [0.5, 0.6) is 0 Å². The summed E-state index contributed by atoms with van der Waals surface area (Å²) in [5.41, 5.74) is 3.18. The van der Waals surface area contributed by atoms with Gasteiger partial charge in [-0.15, -0.1) is 0 Å². The summed E-state index contributed by atoms with van der Waals surface area (Å²) in [7, 11) is 0. The van der Waals surface area contributed by atoms with Gasteiger partial charge >= 0.3 is 0 Å². The largest absolute Gasteiger partial charge is 0.378 e. The van der Waals surface area contributed by atoms with Gasteiger partial charge in [-0.05, 0) is 62.1 Å². The number of rotatable bonds is 7. The van der Waals surface area contributed by atoms with Crippen molar-refractivity contribution in [3.63, 3.8) is 0 Å². The van der Waals surface area contributed by atoms with E-state index in [1.165, 1.54) is 12.8 Å². The SMILES string of the molecule is O=C(c1ccc(-c2cnc(Cl)c3cnc(NC4CCC(OCC5CC5)CC4)nc23)cc1)N1CCOCC1. The Balaban J connectivity index is 1.17.